The Kier molecular flexibility index (Phi) is 22.0. The first kappa shape index (κ1) is 56.0. The Morgan fingerprint density at radius 2 is 0.761 bits per heavy atom. The normalized spacial score (nSPS) is 25.6. The molecule has 1 saturated heterocycles. The largest absolute Gasteiger partial charge is 0.460 e. The molecule has 372 valence electrons. The highest BCUT2D eigenvalue weighted by Gasteiger charge is 2.42. The van der Waals surface area contributed by atoms with Gasteiger partial charge in [-0.1, -0.05) is 116 Å². The Morgan fingerprint density at radius 1 is 0.448 bits per heavy atom. The lowest BCUT2D eigenvalue weighted by molar-refractivity contribution is -0.174. The average Bonchev–Trinajstić information content (AvgIpc) is 3.26. The maximum atomic E-state index is 14.6. The lowest BCUT2D eigenvalue weighted by Gasteiger charge is -2.35. The number of amides is 3. The summed E-state index contributed by atoms with van der Waals surface area (Å²) < 4.78 is 24.2. The van der Waals surface area contributed by atoms with Gasteiger partial charge >= 0.3 is 23.9 Å². The minimum Gasteiger partial charge on any atom is -0.460 e. The smallest absolute Gasteiger partial charge is 0.329 e. The van der Waals surface area contributed by atoms with Crippen LogP contribution in [-0.4, -0.2) is 145 Å². The quantitative estimate of drug-likeness (QED) is 0.176. The summed E-state index contributed by atoms with van der Waals surface area (Å²) in [7, 11) is 6.06. The molecule has 0 radical (unpaired) electrons. The molecule has 15 heteroatoms. The zero-order valence-electron chi connectivity index (χ0n) is 42.4. The summed E-state index contributed by atoms with van der Waals surface area (Å²) >= 11 is 0. The summed E-state index contributed by atoms with van der Waals surface area (Å²) in [5.74, 6) is -5.32. The third-order valence-electron chi connectivity index (χ3n) is 11.9. The van der Waals surface area contributed by atoms with Gasteiger partial charge in [0, 0.05) is 40.5 Å². The van der Waals surface area contributed by atoms with Crippen LogP contribution in [0.25, 0.3) is 0 Å². The monoisotopic (exact) mass is 935 g/mol. The van der Waals surface area contributed by atoms with Crippen molar-refractivity contribution in [2.24, 2.45) is 23.7 Å². The molecule has 2 aromatic carbocycles. The fraction of sp³-hybridized carbons (Fsp3) is 0.635. The molecule has 0 unspecified atom stereocenters. The van der Waals surface area contributed by atoms with E-state index in [-0.39, 0.29) is 62.3 Å². The van der Waals surface area contributed by atoms with E-state index < -0.39 is 90.2 Å². The maximum Gasteiger partial charge on any atom is 0.329 e. The molecule has 15 nitrogen and oxygen atoms in total. The van der Waals surface area contributed by atoms with E-state index in [1.165, 1.54) is 42.8 Å². The van der Waals surface area contributed by atoms with Gasteiger partial charge in [-0.25, -0.2) is 14.4 Å². The zero-order chi connectivity index (χ0) is 50.3. The molecular weight excluding hydrogens is 857 g/mol. The van der Waals surface area contributed by atoms with Crippen molar-refractivity contribution in [2.75, 3.05) is 34.7 Å². The van der Waals surface area contributed by atoms with E-state index in [4.69, 9.17) is 18.9 Å². The highest BCUT2D eigenvalue weighted by molar-refractivity contribution is 5.93. The molecular formula is C52H78N4O11. The van der Waals surface area contributed by atoms with Crippen molar-refractivity contribution < 1.29 is 52.5 Å². The Hall–Kier alpha value is -5.31. The zero-order valence-corrected chi connectivity index (χ0v) is 42.4. The molecule has 2 aromatic rings. The second-order valence-corrected chi connectivity index (χ2v) is 19.9. The molecule has 0 N–H and O–H groups in total. The van der Waals surface area contributed by atoms with Gasteiger partial charge in [-0.3, -0.25) is 24.1 Å². The van der Waals surface area contributed by atoms with Crippen molar-refractivity contribution in [3.05, 3.63) is 71.8 Å². The van der Waals surface area contributed by atoms with Crippen molar-refractivity contribution >= 4 is 41.6 Å². The van der Waals surface area contributed by atoms with Crippen molar-refractivity contribution in [3.8, 4) is 0 Å². The number of benzene rings is 2. The highest BCUT2D eigenvalue weighted by Crippen LogP contribution is 2.24. The van der Waals surface area contributed by atoms with E-state index in [1.807, 2.05) is 91.8 Å². The highest BCUT2D eigenvalue weighted by atomic mass is 16.6. The van der Waals surface area contributed by atoms with Crippen LogP contribution in [0.2, 0.25) is 0 Å². The van der Waals surface area contributed by atoms with Gasteiger partial charge in [-0.15, -0.1) is 0 Å². The molecule has 1 aliphatic rings. The van der Waals surface area contributed by atoms with Gasteiger partial charge in [0.15, 0.2) is 18.3 Å². The maximum absolute atomic E-state index is 14.6. The molecule has 0 spiro atoms. The summed E-state index contributed by atoms with van der Waals surface area (Å²) in [6.45, 7) is 18.4. The van der Waals surface area contributed by atoms with Crippen LogP contribution in [0.5, 0.6) is 0 Å². The third kappa shape index (κ3) is 17.1. The molecule has 1 heterocycles. The molecule has 67 heavy (non-hydrogen) atoms. The Balaban J connectivity index is 2.21. The molecule has 0 saturated carbocycles. The fourth-order valence-electron chi connectivity index (χ4n) is 8.28. The van der Waals surface area contributed by atoms with Crippen molar-refractivity contribution in [2.45, 2.75) is 156 Å². The SMILES string of the molecule is CC(C)C[C@H]1C(=O)O[C@H](Cc2ccccc2)C(=O)N(C)[C@@H](CC(C)C)C(=O)O[C@H](C)C(=O)N(C)[C@@H](CC(C)C)C(=O)O[C@H](Cc2ccccc2)C(=O)N(C)[C@@H](CC(C)C)C(=O)O[C@H](C)CN1C. The summed E-state index contributed by atoms with van der Waals surface area (Å²) in [4.78, 5) is 106. The summed E-state index contributed by atoms with van der Waals surface area (Å²) in [5.41, 5.74) is 1.41. The molecule has 0 aliphatic carbocycles. The van der Waals surface area contributed by atoms with Crippen LogP contribution >= 0.6 is 0 Å². The fourth-order valence-corrected chi connectivity index (χ4v) is 8.28. The first-order valence-electron chi connectivity index (χ1n) is 23.8. The van der Waals surface area contributed by atoms with Crippen LogP contribution < -0.4 is 0 Å². The number of hydrogen-bond donors (Lipinski definition) is 0. The van der Waals surface area contributed by atoms with Gasteiger partial charge in [0.25, 0.3) is 17.7 Å². The van der Waals surface area contributed by atoms with Crippen molar-refractivity contribution in [3.63, 3.8) is 0 Å². The minimum absolute atomic E-state index is 0.00797. The Morgan fingerprint density at radius 3 is 1.13 bits per heavy atom. The standard InChI is InChI=1S/C52H78N4O11/c1-32(2)25-40-49(60)66-44(29-38-21-17-15-18-22-38)47(58)56(14)42(27-34(5)6)51(62)65-37(10)46(57)54(12)43(28-35(7)8)52(63)67-45(30-39-23-19-16-20-24-39)48(59)55(13)41(26-33(3)4)50(61)64-36(9)31-53(40)11/h15-24,32-37,40-45H,25-31H2,1-14H3/t36-,37-,40+,41+,42+,43+,44-,45-/m1/s1. The number of cyclic esters (lactones) is 4. The first-order chi connectivity index (χ1) is 31.4. The number of esters is 4. The molecule has 0 aromatic heterocycles. The van der Waals surface area contributed by atoms with E-state index >= 15 is 0 Å². The van der Waals surface area contributed by atoms with Crippen LogP contribution in [0.3, 0.4) is 0 Å². The van der Waals surface area contributed by atoms with E-state index in [9.17, 15) is 33.6 Å². The number of nitrogens with zero attached hydrogens (tertiary/aromatic N) is 4. The average molecular weight is 935 g/mol. The van der Waals surface area contributed by atoms with Gasteiger partial charge in [0.2, 0.25) is 0 Å². The molecule has 0 bridgehead atoms. The third-order valence-corrected chi connectivity index (χ3v) is 11.9. The second-order valence-electron chi connectivity index (χ2n) is 19.9. The van der Waals surface area contributed by atoms with Gasteiger partial charge < -0.3 is 33.6 Å². The number of carbonyl (C=O) groups excluding carboxylic acids is 7. The Bertz CT molecular complexity index is 1940. The summed E-state index contributed by atoms with van der Waals surface area (Å²) in [5, 5.41) is 0. The Labute approximate surface area is 399 Å². The number of rotatable bonds is 12. The topological polar surface area (TPSA) is 169 Å². The van der Waals surface area contributed by atoms with Gasteiger partial charge in [0.05, 0.1) is 0 Å². The van der Waals surface area contributed by atoms with Gasteiger partial charge in [0.1, 0.15) is 30.3 Å². The summed E-state index contributed by atoms with van der Waals surface area (Å²) in [6.07, 6.45) is -4.08. The van der Waals surface area contributed by atoms with E-state index in [0.29, 0.717) is 12.0 Å². The number of likely N-dealkylation sites (N-methyl/N-ethyl adjacent to an activating group) is 4. The van der Waals surface area contributed by atoms with Crippen molar-refractivity contribution in [1.29, 1.82) is 0 Å². The van der Waals surface area contributed by atoms with Crippen LogP contribution in [0.1, 0.15) is 106 Å². The molecule has 3 amide bonds. The number of carbonyl (C=O) groups is 7. The van der Waals surface area contributed by atoms with E-state index in [1.54, 1.807) is 43.1 Å². The number of ether oxygens (including phenoxy) is 4. The molecule has 1 aliphatic heterocycles. The molecule has 8 atom stereocenters. The lowest BCUT2D eigenvalue weighted by atomic mass is 10.00. The molecule has 3 rings (SSSR count). The minimum atomic E-state index is -1.41. The van der Waals surface area contributed by atoms with Crippen molar-refractivity contribution in [1.82, 2.24) is 19.6 Å². The summed E-state index contributed by atoms with van der Waals surface area (Å²) in [6, 6.07) is 13.8. The second kappa shape index (κ2) is 26.3. The molecule has 1 fully saturated rings. The van der Waals surface area contributed by atoms with E-state index in [0.717, 1.165) is 5.56 Å². The van der Waals surface area contributed by atoms with Crippen LogP contribution in [0, 0.1) is 23.7 Å². The predicted octanol–water partition coefficient (Wildman–Crippen LogP) is 6.14. The first-order valence-corrected chi connectivity index (χ1v) is 23.8. The van der Waals surface area contributed by atoms with Crippen LogP contribution in [0.4, 0.5) is 0 Å². The van der Waals surface area contributed by atoms with Crippen LogP contribution in [0.15, 0.2) is 60.7 Å². The lowest BCUT2D eigenvalue weighted by Crippen LogP contribution is -2.54. The van der Waals surface area contributed by atoms with Gasteiger partial charge in [-0.2, -0.15) is 0 Å². The predicted molar refractivity (Wildman–Crippen MR) is 255 cm³/mol. The van der Waals surface area contributed by atoms with Crippen LogP contribution in [-0.2, 0) is 65.4 Å². The van der Waals surface area contributed by atoms with E-state index in [2.05, 4.69) is 0 Å². The van der Waals surface area contributed by atoms with Gasteiger partial charge in [-0.05, 0) is 81.4 Å². The number of hydrogen-bond acceptors (Lipinski definition) is 12.